The quantitative estimate of drug-likeness (QED) is 0.0199. The van der Waals surface area contributed by atoms with E-state index in [2.05, 4.69) is 69.4 Å². The van der Waals surface area contributed by atoms with E-state index in [4.69, 9.17) is 14.2 Å². The highest BCUT2D eigenvalue weighted by Gasteiger charge is 2.19. The molecule has 0 heterocycles. The van der Waals surface area contributed by atoms with Crippen LogP contribution in [-0.4, -0.2) is 37.2 Å². The van der Waals surface area contributed by atoms with Gasteiger partial charge in [0.05, 0.1) is 0 Å². The Labute approximate surface area is 378 Å². The van der Waals surface area contributed by atoms with Gasteiger partial charge in [-0.15, -0.1) is 0 Å². The van der Waals surface area contributed by atoms with Crippen molar-refractivity contribution in [3.8, 4) is 0 Å². The number of carbonyl (C=O) groups is 3. The fourth-order valence-electron chi connectivity index (χ4n) is 7.37. The number of unbranched alkanes of at least 4 members (excludes halogenated alkanes) is 30. The minimum Gasteiger partial charge on any atom is -0.462 e. The summed E-state index contributed by atoms with van der Waals surface area (Å²) in [7, 11) is 0. The Morgan fingerprint density at radius 3 is 1.00 bits per heavy atom. The van der Waals surface area contributed by atoms with E-state index < -0.39 is 6.10 Å². The first-order valence-electron chi connectivity index (χ1n) is 26.2. The molecule has 0 amide bonds. The summed E-state index contributed by atoms with van der Waals surface area (Å²) in [5, 5.41) is 0. The number of ether oxygens (including phenoxy) is 3. The van der Waals surface area contributed by atoms with Gasteiger partial charge in [0.2, 0.25) is 0 Å². The van der Waals surface area contributed by atoms with Crippen LogP contribution in [0, 0.1) is 0 Å². The zero-order valence-electron chi connectivity index (χ0n) is 40.4. The summed E-state index contributed by atoms with van der Waals surface area (Å²) in [5.74, 6) is -0.903. The molecule has 1 unspecified atom stereocenters. The SMILES string of the molecule is CCCC/C=C\CCCCCCCC(=O)OCC(COC(=O)CCCCCCC\C=C/C=C\C=C/CCCCCCC)OC(=O)CCCCCCCCCCCCCCCC. The first-order valence-corrected chi connectivity index (χ1v) is 26.2. The highest BCUT2D eigenvalue weighted by atomic mass is 16.6. The van der Waals surface area contributed by atoms with Gasteiger partial charge in [0.25, 0.3) is 0 Å². The summed E-state index contributed by atoms with van der Waals surface area (Å²) in [6, 6.07) is 0. The zero-order valence-corrected chi connectivity index (χ0v) is 40.4. The molecule has 0 aliphatic carbocycles. The van der Waals surface area contributed by atoms with Crippen LogP contribution in [0.2, 0.25) is 0 Å². The number of hydrogen-bond donors (Lipinski definition) is 0. The third-order valence-corrected chi connectivity index (χ3v) is 11.4. The summed E-state index contributed by atoms with van der Waals surface area (Å²) in [6.07, 6.45) is 59.5. The van der Waals surface area contributed by atoms with Gasteiger partial charge in [-0.05, 0) is 64.2 Å². The highest BCUT2D eigenvalue weighted by molar-refractivity contribution is 5.71. The zero-order chi connectivity index (χ0) is 44.4. The van der Waals surface area contributed by atoms with E-state index in [0.29, 0.717) is 19.3 Å². The number of hydrogen-bond acceptors (Lipinski definition) is 6. The smallest absolute Gasteiger partial charge is 0.306 e. The van der Waals surface area contributed by atoms with E-state index in [-0.39, 0.29) is 31.1 Å². The molecule has 0 spiro atoms. The second kappa shape index (κ2) is 50.0. The molecule has 0 radical (unpaired) electrons. The van der Waals surface area contributed by atoms with Crippen LogP contribution >= 0.6 is 0 Å². The normalized spacial score (nSPS) is 12.4. The molecule has 0 aromatic heterocycles. The minimum atomic E-state index is -0.781. The van der Waals surface area contributed by atoms with Crippen LogP contribution in [0.25, 0.3) is 0 Å². The lowest BCUT2D eigenvalue weighted by molar-refractivity contribution is -0.167. The predicted molar refractivity (Wildman–Crippen MR) is 261 cm³/mol. The largest absolute Gasteiger partial charge is 0.462 e. The first kappa shape index (κ1) is 58.4. The standard InChI is InChI=1S/C55H98O6/c1-4-7-10-13-16-19-22-24-26-27-28-29-31-33-36-39-42-45-48-54(57)60-51-52(50-59-53(56)47-44-41-38-35-32-21-18-15-12-9-6-3)61-55(58)49-46-43-40-37-34-30-25-23-20-17-14-11-8-5-2/h15,18,22,24,26-29,52H,4-14,16-17,19-21,23,25,30-51H2,1-3H3/b18-15-,24-22-,27-26-,29-28-. The molecule has 354 valence electrons. The Balaban J connectivity index is 4.38. The fourth-order valence-corrected chi connectivity index (χ4v) is 7.37. The topological polar surface area (TPSA) is 78.9 Å². The van der Waals surface area contributed by atoms with Crippen molar-refractivity contribution in [2.45, 2.75) is 271 Å². The molecular formula is C55H98O6. The molecule has 61 heavy (non-hydrogen) atoms. The molecule has 0 rings (SSSR count). The summed E-state index contributed by atoms with van der Waals surface area (Å²) >= 11 is 0. The Morgan fingerprint density at radius 2 is 0.623 bits per heavy atom. The van der Waals surface area contributed by atoms with Crippen molar-refractivity contribution >= 4 is 17.9 Å². The lowest BCUT2D eigenvalue weighted by Gasteiger charge is -2.18. The van der Waals surface area contributed by atoms with Crippen LogP contribution in [-0.2, 0) is 28.6 Å². The lowest BCUT2D eigenvalue weighted by atomic mass is 10.0. The third-order valence-electron chi connectivity index (χ3n) is 11.4. The Kier molecular flexibility index (Phi) is 47.9. The molecule has 0 aliphatic heterocycles. The predicted octanol–water partition coefficient (Wildman–Crippen LogP) is 17.1. The maximum absolute atomic E-state index is 12.8. The van der Waals surface area contributed by atoms with E-state index in [1.165, 1.54) is 141 Å². The molecule has 0 aromatic carbocycles. The molecule has 6 nitrogen and oxygen atoms in total. The molecular weight excluding hydrogens is 757 g/mol. The van der Waals surface area contributed by atoms with Gasteiger partial charge in [-0.2, -0.15) is 0 Å². The fraction of sp³-hybridized carbons (Fsp3) is 0.800. The van der Waals surface area contributed by atoms with Crippen molar-refractivity contribution in [1.29, 1.82) is 0 Å². The van der Waals surface area contributed by atoms with Gasteiger partial charge in [0, 0.05) is 19.3 Å². The maximum atomic E-state index is 12.8. The van der Waals surface area contributed by atoms with Gasteiger partial charge in [0.15, 0.2) is 6.10 Å². The lowest BCUT2D eigenvalue weighted by Crippen LogP contribution is -2.30. The molecule has 0 aliphatic rings. The summed E-state index contributed by atoms with van der Waals surface area (Å²) in [5.41, 5.74) is 0. The maximum Gasteiger partial charge on any atom is 0.306 e. The molecule has 6 heteroatoms. The van der Waals surface area contributed by atoms with Crippen molar-refractivity contribution in [2.24, 2.45) is 0 Å². The molecule has 0 saturated heterocycles. The van der Waals surface area contributed by atoms with Gasteiger partial charge in [0.1, 0.15) is 13.2 Å². The number of esters is 3. The number of rotatable bonds is 47. The van der Waals surface area contributed by atoms with Gasteiger partial charge in [-0.25, -0.2) is 0 Å². The minimum absolute atomic E-state index is 0.0823. The Hall–Kier alpha value is -2.63. The first-order chi connectivity index (χ1) is 30.0. The Bertz CT molecular complexity index is 1070. The van der Waals surface area contributed by atoms with Crippen LogP contribution in [0.5, 0.6) is 0 Å². The molecule has 0 aromatic rings. The van der Waals surface area contributed by atoms with Gasteiger partial charge >= 0.3 is 17.9 Å². The van der Waals surface area contributed by atoms with Crippen molar-refractivity contribution in [3.05, 3.63) is 48.6 Å². The van der Waals surface area contributed by atoms with Gasteiger partial charge in [-0.1, -0.05) is 230 Å². The van der Waals surface area contributed by atoms with Crippen LogP contribution < -0.4 is 0 Å². The monoisotopic (exact) mass is 855 g/mol. The van der Waals surface area contributed by atoms with Gasteiger partial charge < -0.3 is 14.2 Å². The Morgan fingerprint density at radius 1 is 0.328 bits per heavy atom. The number of allylic oxidation sites excluding steroid dienone is 8. The molecule has 1 atom stereocenters. The number of carbonyl (C=O) groups excluding carboxylic acids is 3. The van der Waals surface area contributed by atoms with E-state index in [9.17, 15) is 14.4 Å². The summed E-state index contributed by atoms with van der Waals surface area (Å²) in [4.78, 5) is 37.9. The molecule has 0 fully saturated rings. The molecule has 0 N–H and O–H groups in total. The highest BCUT2D eigenvalue weighted by Crippen LogP contribution is 2.15. The molecule has 0 bridgehead atoms. The summed E-state index contributed by atoms with van der Waals surface area (Å²) < 4.78 is 16.8. The van der Waals surface area contributed by atoms with Crippen molar-refractivity contribution in [2.75, 3.05) is 13.2 Å². The van der Waals surface area contributed by atoms with Gasteiger partial charge in [-0.3, -0.25) is 14.4 Å². The summed E-state index contributed by atoms with van der Waals surface area (Å²) in [6.45, 7) is 6.57. The van der Waals surface area contributed by atoms with Crippen molar-refractivity contribution in [3.63, 3.8) is 0 Å². The van der Waals surface area contributed by atoms with Crippen LogP contribution in [0.1, 0.15) is 265 Å². The average Bonchev–Trinajstić information content (AvgIpc) is 3.26. The average molecular weight is 855 g/mol. The second-order valence-corrected chi connectivity index (χ2v) is 17.5. The van der Waals surface area contributed by atoms with Crippen molar-refractivity contribution in [1.82, 2.24) is 0 Å². The van der Waals surface area contributed by atoms with E-state index >= 15 is 0 Å². The van der Waals surface area contributed by atoms with Crippen LogP contribution in [0.4, 0.5) is 0 Å². The second-order valence-electron chi connectivity index (χ2n) is 17.5. The van der Waals surface area contributed by atoms with Crippen molar-refractivity contribution < 1.29 is 28.6 Å². The third kappa shape index (κ3) is 48.3. The van der Waals surface area contributed by atoms with E-state index in [1.807, 2.05) is 0 Å². The van der Waals surface area contributed by atoms with E-state index in [1.54, 1.807) is 0 Å². The molecule has 0 saturated carbocycles. The van der Waals surface area contributed by atoms with Crippen LogP contribution in [0.15, 0.2) is 48.6 Å². The van der Waals surface area contributed by atoms with Crippen LogP contribution in [0.3, 0.4) is 0 Å². The van der Waals surface area contributed by atoms with E-state index in [0.717, 1.165) is 83.5 Å².